The van der Waals surface area contributed by atoms with Gasteiger partial charge in [0.25, 0.3) is 0 Å². The van der Waals surface area contributed by atoms with Gasteiger partial charge in [-0.25, -0.2) is 19.1 Å². The lowest BCUT2D eigenvalue weighted by atomic mass is 9.91. The zero-order valence-electron chi connectivity index (χ0n) is 20.3. The van der Waals surface area contributed by atoms with Gasteiger partial charge in [0.15, 0.2) is 0 Å². The highest BCUT2D eigenvalue weighted by Crippen LogP contribution is 2.26. The monoisotopic (exact) mass is 519 g/mol. The van der Waals surface area contributed by atoms with Crippen LogP contribution in [0.25, 0.3) is 10.9 Å². The molecular formula is C23H33N7O5S. The van der Waals surface area contributed by atoms with Crippen molar-refractivity contribution < 1.29 is 23.1 Å². The van der Waals surface area contributed by atoms with E-state index < -0.39 is 34.0 Å². The molecular weight excluding hydrogens is 486 g/mol. The number of nitrogens with two attached hydrogens (primary N) is 2. The smallest absolute Gasteiger partial charge is 0.326 e. The lowest BCUT2D eigenvalue weighted by Crippen LogP contribution is -2.56. The van der Waals surface area contributed by atoms with Crippen LogP contribution in [-0.4, -0.2) is 66.4 Å². The number of amides is 1. The predicted molar refractivity (Wildman–Crippen MR) is 135 cm³/mol. The maximum absolute atomic E-state index is 13.5. The van der Waals surface area contributed by atoms with Crippen molar-refractivity contribution in [3.8, 4) is 0 Å². The first-order valence-electron chi connectivity index (χ1n) is 11.7. The third kappa shape index (κ3) is 6.47. The molecule has 2 aromatic rings. The normalized spacial score (nSPS) is 19.8. The van der Waals surface area contributed by atoms with Gasteiger partial charge in [-0.15, -0.1) is 0 Å². The molecule has 3 atom stereocenters. The second-order valence-electron chi connectivity index (χ2n) is 9.08. The SMILES string of the molecule is Cc1cnc2c(S(=O)(=O)N[C@@H](CCCN=C(N)NN)C(=O)N3CC[C@@H](C)C[C@@H]3C(=O)O)cccc2c1. The van der Waals surface area contributed by atoms with Crippen LogP contribution in [0.3, 0.4) is 0 Å². The number of aryl methyl sites for hydroxylation is 1. The molecule has 0 aliphatic carbocycles. The summed E-state index contributed by atoms with van der Waals surface area (Å²) < 4.78 is 29.5. The number of sulfonamides is 1. The number of aromatic nitrogens is 1. The number of carboxylic acid groups (broad SMARTS) is 1. The standard InChI is InChI=1S/C23H33N7O5S/c1-14-8-10-30(18(12-14)22(32)33)21(31)17(6-4-9-26-23(24)28-25)29-36(34,35)19-7-3-5-16-11-15(2)13-27-20(16)19/h3,5,7,11,13-14,17-18,29H,4,6,8-10,12,25H2,1-2H3,(H,32,33)(H3,24,26,28)/t14-,17+,18-/m1/s1. The third-order valence-corrected chi connectivity index (χ3v) is 7.71. The number of hydrogen-bond donors (Lipinski definition) is 5. The van der Waals surface area contributed by atoms with Crippen molar-refractivity contribution in [3.05, 3.63) is 36.0 Å². The van der Waals surface area contributed by atoms with Gasteiger partial charge in [-0.05, 0) is 56.2 Å². The van der Waals surface area contributed by atoms with E-state index in [9.17, 15) is 23.1 Å². The van der Waals surface area contributed by atoms with Crippen LogP contribution in [0, 0.1) is 12.8 Å². The maximum Gasteiger partial charge on any atom is 0.326 e. The molecule has 2 heterocycles. The number of carboxylic acids is 1. The van der Waals surface area contributed by atoms with E-state index in [2.05, 4.69) is 20.1 Å². The Hall–Kier alpha value is -3.29. The number of nitrogens with one attached hydrogen (secondary N) is 2. The van der Waals surface area contributed by atoms with E-state index in [4.69, 9.17) is 11.6 Å². The highest BCUT2D eigenvalue weighted by atomic mass is 32.2. The Morgan fingerprint density at radius 2 is 2.11 bits per heavy atom. The van der Waals surface area contributed by atoms with Gasteiger partial charge in [-0.3, -0.25) is 20.2 Å². The van der Waals surface area contributed by atoms with Crippen LogP contribution in [0.2, 0.25) is 0 Å². The van der Waals surface area contributed by atoms with Gasteiger partial charge in [0.1, 0.15) is 17.0 Å². The lowest BCUT2D eigenvalue weighted by molar-refractivity contribution is -0.153. The predicted octanol–water partition coefficient (Wildman–Crippen LogP) is 0.460. The van der Waals surface area contributed by atoms with Crippen molar-refractivity contribution in [3.63, 3.8) is 0 Å². The first-order valence-corrected chi connectivity index (χ1v) is 13.2. The van der Waals surface area contributed by atoms with Gasteiger partial charge >= 0.3 is 5.97 Å². The van der Waals surface area contributed by atoms with E-state index in [-0.39, 0.29) is 41.8 Å². The minimum Gasteiger partial charge on any atom is -0.480 e. The molecule has 1 amide bonds. The molecule has 3 rings (SSSR count). The van der Waals surface area contributed by atoms with E-state index >= 15 is 0 Å². The minimum atomic E-state index is -4.19. The number of carbonyl (C=O) groups is 2. The highest BCUT2D eigenvalue weighted by Gasteiger charge is 2.39. The number of carbonyl (C=O) groups excluding carboxylic acids is 1. The molecule has 1 aromatic carbocycles. The van der Waals surface area contributed by atoms with Crippen molar-refractivity contribution in [1.29, 1.82) is 0 Å². The minimum absolute atomic E-state index is 0.00606. The molecule has 7 N–H and O–H groups in total. The molecule has 1 saturated heterocycles. The first kappa shape index (κ1) is 27.3. The maximum atomic E-state index is 13.5. The summed E-state index contributed by atoms with van der Waals surface area (Å²) in [6.45, 7) is 4.21. The van der Waals surface area contributed by atoms with Crippen LogP contribution in [0.4, 0.5) is 0 Å². The molecule has 0 radical (unpaired) electrons. The van der Waals surface area contributed by atoms with Crippen LogP contribution >= 0.6 is 0 Å². The van der Waals surface area contributed by atoms with Crippen LogP contribution in [0.5, 0.6) is 0 Å². The Morgan fingerprint density at radius 3 is 2.81 bits per heavy atom. The number of hydrogen-bond acceptors (Lipinski definition) is 7. The molecule has 0 bridgehead atoms. The number of para-hydroxylation sites is 1. The summed E-state index contributed by atoms with van der Waals surface area (Å²) in [5.74, 6) is 3.64. The summed E-state index contributed by atoms with van der Waals surface area (Å²) in [6.07, 6.45) is 2.89. The number of likely N-dealkylation sites (tertiary alicyclic amines) is 1. The molecule has 0 unspecified atom stereocenters. The van der Waals surface area contributed by atoms with Gasteiger partial charge in [0.05, 0.1) is 5.52 Å². The fourth-order valence-electron chi connectivity index (χ4n) is 4.32. The van der Waals surface area contributed by atoms with Crippen LogP contribution in [0.1, 0.15) is 38.2 Å². The van der Waals surface area contributed by atoms with Gasteiger partial charge in [0, 0.05) is 24.7 Å². The highest BCUT2D eigenvalue weighted by molar-refractivity contribution is 7.89. The molecule has 1 aromatic heterocycles. The molecule has 36 heavy (non-hydrogen) atoms. The Balaban J connectivity index is 1.91. The molecule has 0 saturated carbocycles. The molecule has 0 spiro atoms. The summed E-state index contributed by atoms with van der Waals surface area (Å²) in [7, 11) is -4.19. The number of benzene rings is 1. The van der Waals surface area contributed by atoms with Gasteiger partial charge in [-0.1, -0.05) is 19.1 Å². The summed E-state index contributed by atoms with van der Waals surface area (Å²) in [5, 5.41) is 10.4. The van der Waals surface area contributed by atoms with Crippen molar-refractivity contribution in [2.75, 3.05) is 13.1 Å². The number of piperidine rings is 1. The number of pyridine rings is 1. The number of rotatable bonds is 9. The largest absolute Gasteiger partial charge is 0.480 e. The summed E-state index contributed by atoms with van der Waals surface area (Å²) >= 11 is 0. The zero-order chi connectivity index (χ0) is 26.5. The van der Waals surface area contributed by atoms with E-state index in [1.807, 2.05) is 19.9 Å². The van der Waals surface area contributed by atoms with Crippen molar-refractivity contribution >= 4 is 38.8 Å². The van der Waals surface area contributed by atoms with Crippen molar-refractivity contribution in [2.24, 2.45) is 22.5 Å². The quantitative estimate of drug-likeness (QED) is 0.103. The zero-order valence-corrected chi connectivity index (χ0v) is 21.2. The summed E-state index contributed by atoms with van der Waals surface area (Å²) in [4.78, 5) is 34.9. The number of aliphatic imine (C=N–C) groups is 1. The molecule has 13 heteroatoms. The number of aliphatic carboxylic acids is 1. The van der Waals surface area contributed by atoms with Crippen LogP contribution in [0.15, 0.2) is 40.4 Å². The van der Waals surface area contributed by atoms with Crippen LogP contribution < -0.4 is 21.7 Å². The Kier molecular flexibility index (Phi) is 8.82. The average Bonchev–Trinajstić information content (AvgIpc) is 2.84. The summed E-state index contributed by atoms with van der Waals surface area (Å²) in [6, 6.07) is 4.40. The first-order chi connectivity index (χ1) is 17.0. The van der Waals surface area contributed by atoms with E-state index in [0.29, 0.717) is 24.6 Å². The third-order valence-electron chi connectivity index (χ3n) is 6.21. The van der Waals surface area contributed by atoms with E-state index in [0.717, 1.165) is 5.56 Å². The van der Waals surface area contributed by atoms with E-state index in [1.54, 1.807) is 18.3 Å². The molecule has 12 nitrogen and oxygen atoms in total. The van der Waals surface area contributed by atoms with Crippen molar-refractivity contribution in [1.82, 2.24) is 20.0 Å². The second-order valence-corrected chi connectivity index (χ2v) is 10.8. The van der Waals surface area contributed by atoms with Gasteiger partial charge in [0.2, 0.25) is 21.9 Å². The number of hydrazine groups is 1. The molecule has 1 aliphatic rings. The fraction of sp³-hybridized carbons (Fsp3) is 0.478. The van der Waals surface area contributed by atoms with E-state index in [1.165, 1.54) is 11.0 Å². The fourth-order valence-corrected chi connectivity index (χ4v) is 5.73. The second kappa shape index (κ2) is 11.6. The Morgan fingerprint density at radius 1 is 1.36 bits per heavy atom. The Labute approximate surface area is 210 Å². The van der Waals surface area contributed by atoms with Crippen LogP contribution in [-0.2, 0) is 19.6 Å². The number of fused-ring (bicyclic) bond motifs is 1. The van der Waals surface area contributed by atoms with Gasteiger partial charge in [-0.2, -0.15) is 4.72 Å². The number of nitrogens with zero attached hydrogens (tertiary/aromatic N) is 3. The van der Waals surface area contributed by atoms with Crippen molar-refractivity contribution in [2.45, 2.75) is 56.5 Å². The lowest BCUT2D eigenvalue weighted by Gasteiger charge is -2.38. The molecule has 1 aliphatic heterocycles. The Bertz CT molecular complexity index is 1250. The average molecular weight is 520 g/mol. The molecule has 1 fully saturated rings. The van der Waals surface area contributed by atoms with Gasteiger partial charge < -0.3 is 15.7 Å². The topological polar surface area (TPSA) is 193 Å². The molecule has 196 valence electrons. The summed E-state index contributed by atoms with van der Waals surface area (Å²) in [5.41, 5.74) is 8.89. The number of guanidine groups is 1.